The number of amides is 4. The van der Waals surface area contributed by atoms with E-state index in [4.69, 9.17) is 4.74 Å². The molecule has 1 saturated heterocycles. The summed E-state index contributed by atoms with van der Waals surface area (Å²) >= 11 is 0. The topological polar surface area (TPSA) is 119 Å². The van der Waals surface area contributed by atoms with Crippen molar-refractivity contribution >= 4 is 35.3 Å². The van der Waals surface area contributed by atoms with Crippen molar-refractivity contribution in [2.24, 2.45) is 0 Å². The van der Waals surface area contributed by atoms with Crippen LogP contribution in [0.4, 0.5) is 16.2 Å². The van der Waals surface area contributed by atoms with Crippen LogP contribution in [0.25, 0.3) is 6.08 Å². The third-order valence-corrected chi connectivity index (χ3v) is 4.10. The predicted octanol–water partition coefficient (Wildman–Crippen LogP) is 2.58. The highest BCUT2D eigenvalue weighted by Gasteiger charge is 2.36. The number of urea groups is 1. The second-order valence-electron chi connectivity index (χ2n) is 5.98. The molecule has 4 amide bonds. The molecule has 0 bridgehead atoms. The van der Waals surface area contributed by atoms with Crippen molar-refractivity contribution in [2.75, 3.05) is 12.0 Å². The highest BCUT2D eigenvalue weighted by molar-refractivity contribution is 6.39. The zero-order chi connectivity index (χ0) is 20.4. The second kappa shape index (κ2) is 7.31. The maximum Gasteiger partial charge on any atom is 0.335 e. The van der Waals surface area contributed by atoms with Gasteiger partial charge in [0.15, 0.2) is 5.75 Å². The number of nitro benzene ring substituents is 1. The zero-order valence-electron chi connectivity index (χ0n) is 15.0. The Morgan fingerprint density at radius 2 is 1.79 bits per heavy atom. The number of rotatable bonds is 4. The molecule has 9 heteroatoms. The van der Waals surface area contributed by atoms with Crippen LogP contribution in [0.3, 0.4) is 0 Å². The summed E-state index contributed by atoms with van der Waals surface area (Å²) in [6.07, 6.45) is 1.19. The third kappa shape index (κ3) is 3.45. The quantitative estimate of drug-likeness (QED) is 0.376. The standard InChI is InChI=1S/C19H15N3O6/c1-11-3-6-13(7-4-11)21-18(24)14(17(23)20-19(21)25)9-12-5-8-16(28-2)15(10-12)22(26)27/h3-10H,1-2H3,(H,20,23,25)/b14-9+. The molecule has 3 rings (SSSR count). The number of imide groups is 2. The smallest absolute Gasteiger partial charge is 0.335 e. The molecule has 2 aromatic rings. The van der Waals surface area contributed by atoms with Crippen molar-refractivity contribution in [1.29, 1.82) is 0 Å². The molecule has 0 aliphatic carbocycles. The van der Waals surface area contributed by atoms with Gasteiger partial charge in [0.2, 0.25) is 0 Å². The fourth-order valence-corrected chi connectivity index (χ4v) is 2.69. The molecule has 9 nitrogen and oxygen atoms in total. The van der Waals surface area contributed by atoms with Crippen LogP contribution in [0.15, 0.2) is 48.0 Å². The van der Waals surface area contributed by atoms with Crippen molar-refractivity contribution in [3.63, 3.8) is 0 Å². The van der Waals surface area contributed by atoms with Crippen molar-refractivity contribution in [3.05, 3.63) is 69.3 Å². The van der Waals surface area contributed by atoms with Crippen LogP contribution in [0.5, 0.6) is 5.75 Å². The number of ether oxygens (including phenoxy) is 1. The monoisotopic (exact) mass is 381 g/mol. The highest BCUT2D eigenvalue weighted by Crippen LogP contribution is 2.29. The summed E-state index contributed by atoms with van der Waals surface area (Å²) in [7, 11) is 1.30. The molecular weight excluding hydrogens is 366 g/mol. The lowest BCUT2D eigenvalue weighted by Gasteiger charge is -2.26. The molecule has 1 aliphatic rings. The van der Waals surface area contributed by atoms with E-state index in [1.807, 2.05) is 6.92 Å². The number of aryl methyl sites for hydroxylation is 1. The number of nitro groups is 1. The van der Waals surface area contributed by atoms with E-state index in [2.05, 4.69) is 5.32 Å². The molecule has 1 aliphatic heterocycles. The first-order chi connectivity index (χ1) is 13.3. The summed E-state index contributed by atoms with van der Waals surface area (Å²) in [6, 6.07) is 9.75. The molecule has 0 atom stereocenters. The number of nitrogens with one attached hydrogen (secondary N) is 1. The Morgan fingerprint density at radius 1 is 1.11 bits per heavy atom. The summed E-state index contributed by atoms with van der Waals surface area (Å²) in [5.74, 6) is -1.66. The maximum atomic E-state index is 12.8. The van der Waals surface area contributed by atoms with E-state index >= 15 is 0 Å². The van der Waals surface area contributed by atoms with E-state index in [1.54, 1.807) is 24.3 Å². The number of carbonyl (C=O) groups excluding carboxylic acids is 3. The van der Waals surface area contributed by atoms with Crippen LogP contribution in [-0.4, -0.2) is 29.9 Å². The van der Waals surface area contributed by atoms with Gasteiger partial charge >= 0.3 is 11.7 Å². The molecule has 0 radical (unpaired) electrons. The van der Waals surface area contributed by atoms with Crippen LogP contribution < -0.4 is 15.0 Å². The average Bonchev–Trinajstić information content (AvgIpc) is 2.66. The lowest BCUT2D eigenvalue weighted by Crippen LogP contribution is -2.54. The Bertz CT molecular complexity index is 1030. The van der Waals surface area contributed by atoms with Gasteiger partial charge in [0.25, 0.3) is 11.8 Å². The molecule has 2 aromatic carbocycles. The number of benzene rings is 2. The first-order valence-corrected chi connectivity index (χ1v) is 8.12. The van der Waals surface area contributed by atoms with Gasteiger partial charge in [-0.1, -0.05) is 23.8 Å². The first kappa shape index (κ1) is 18.8. The van der Waals surface area contributed by atoms with Gasteiger partial charge < -0.3 is 4.74 Å². The zero-order valence-corrected chi connectivity index (χ0v) is 15.0. The van der Waals surface area contributed by atoms with Crippen molar-refractivity contribution in [1.82, 2.24) is 5.32 Å². The minimum atomic E-state index is -0.878. The van der Waals surface area contributed by atoms with E-state index in [0.29, 0.717) is 5.69 Å². The highest BCUT2D eigenvalue weighted by atomic mass is 16.6. The van der Waals surface area contributed by atoms with Gasteiger partial charge in [-0.25, -0.2) is 9.69 Å². The normalized spacial score (nSPS) is 15.6. The Kier molecular flexibility index (Phi) is 4.90. The molecule has 0 aromatic heterocycles. The Morgan fingerprint density at radius 3 is 2.39 bits per heavy atom. The first-order valence-electron chi connectivity index (χ1n) is 8.12. The SMILES string of the molecule is COc1ccc(/C=C2\C(=O)NC(=O)N(c3ccc(C)cc3)C2=O)cc1[N+](=O)[O-]. The van der Waals surface area contributed by atoms with E-state index in [1.165, 1.54) is 31.4 Å². The number of hydrogen-bond donors (Lipinski definition) is 1. The number of carbonyl (C=O) groups is 3. The molecule has 142 valence electrons. The van der Waals surface area contributed by atoms with E-state index in [0.717, 1.165) is 10.5 Å². The van der Waals surface area contributed by atoms with Crippen LogP contribution in [0.1, 0.15) is 11.1 Å². The lowest BCUT2D eigenvalue weighted by molar-refractivity contribution is -0.385. The fraction of sp³-hybridized carbons (Fsp3) is 0.105. The average molecular weight is 381 g/mol. The summed E-state index contributed by atoms with van der Waals surface area (Å²) in [6.45, 7) is 1.85. The van der Waals surface area contributed by atoms with Gasteiger partial charge in [-0.15, -0.1) is 0 Å². The van der Waals surface area contributed by atoms with Crippen LogP contribution in [0.2, 0.25) is 0 Å². The number of hydrogen-bond acceptors (Lipinski definition) is 6. The van der Waals surface area contributed by atoms with Crippen molar-refractivity contribution in [3.8, 4) is 5.75 Å². The molecule has 1 N–H and O–H groups in total. The van der Waals surface area contributed by atoms with Crippen LogP contribution >= 0.6 is 0 Å². The van der Waals surface area contributed by atoms with Gasteiger partial charge in [0.1, 0.15) is 5.57 Å². The second-order valence-corrected chi connectivity index (χ2v) is 5.98. The summed E-state index contributed by atoms with van der Waals surface area (Å²) < 4.78 is 4.93. The van der Waals surface area contributed by atoms with Gasteiger partial charge in [0.05, 0.1) is 17.7 Å². The lowest BCUT2D eigenvalue weighted by atomic mass is 10.1. The predicted molar refractivity (Wildman–Crippen MR) is 99.8 cm³/mol. The number of barbiturate groups is 1. The fourth-order valence-electron chi connectivity index (χ4n) is 2.69. The van der Waals surface area contributed by atoms with E-state index < -0.39 is 22.8 Å². The molecular formula is C19H15N3O6. The molecule has 1 fully saturated rings. The van der Waals surface area contributed by atoms with Gasteiger partial charge in [0, 0.05) is 6.07 Å². The molecule has 0 saturated carbocycles. The van der Waals surface area contributed by atoms with Crippen LogP contribution in [0, 0.1) is 17.0 Å². The van der Waals surface area contributed by atoms with E-state index in [-0.39, 0.29) is 22.6 Å². The van der Waals surface area contributed by atoms with Crippen molar-refractivity contribution in [2.45, 2.75) is 6.92 Å². The van der Waals surface area contributed by atoms with Gasteiger partial charge in [-0.3, -0.25) is 25.0 Å². The minimum Gasteiger partial charge on any atom is -0.490 e. The number of methoxy groups -OCH3 is 1. The number of nitrogens with zero attached hydrogens (tertiary/aromatic N) is 2. The van der Waals surface area contributed by atoms with Crippen LogP contribution in [-0.2, 0) is 9.59 Å². The molecule has 0 spiro atoms. The van der Waals surface area contributed by atoms with E-state index in [9.17, 15) is 24.5 Å². The van der Waals surface area contributed by atoms with Crippen molar-refractivity contribution < 1.29 is 24.0 Å². The summed E-state index contributed by atoms with van der Waals surface area (Å²) in [4.78, 5) is 48.5. The minimum absolute atomic E-state index is 0.0445. The summed E-state index contributed by atoms with van der Waals surface area (Å²) in [5, 5.41) is 13.3. The Balaban J connectivity index is 2.03. The molecule has 0 unspecified atom stereocenters. The van der Waals surface area contributed by atoms with Gasteiger partial charge in [-0.05, 0) is 36.8 Å². The maximum absolute atomic E-state index is 12.8. The largest absolute Gasteiger partial charge is 0.490 e. The third-order valence-electron chi connectivity index (χ3n) is 4.10. The number of anilines is 1. The van der Waals surface area contributed by atoms with Gasteiger partial charge in [-0.2, -0.15) is 0 Å². The summed E-state index contributed by atoms with van der Waals surface area (Å²) in [5.41, 5.74) is 0.842. The molecule has 1 heterocycles. The molecule has 28 heavy (non-hydrogen) atoms. The Labute approximate surface area is 159 Å². The Hall–Kier alpha value is -4.01.